The van der Waals surface area contributed by atoms with Crippen LogP contribution in [0.1, 0.15) is 46.8 Å². The van der Waals surface area contributed by atoms with Gasteiger partial charge in [0, 0.05) is 6.54 Å². The number of likely N-dealkylation sites (tertiary alicyclic amines) is 1. The number of phenolic OH excluding ortho intramolecular Hbond substituents is 1. The molecule has 1 N–H and O–H groups in total. The summed E-state index contributed by atoms with van der Waals surface area (Å²) in [4.78, 5) is 15.2. The molecule has 2 aromatic carbocycles. The van der Waals surface area contributed by atoms with E-state index in [2.05, 4.69) is 11.8 Å². The summed E-state index contributed by atoms with van der Waals surface area (Å²) in [5.74, 6) is 0.994. The Kier molecular flexibility index (Phi) is 4.94. The van der Waals surface area contributed by atoms with E-state index in [1.165, 1.54) is 12.1 Å². The van der Waals surface area contributed by atoms with Crippen molar-refractivity contribution in [3.05, 3.63) is 64.2 Å². The monoisotopic (exact) mass is 381 g/mol. The van der Waals surface area contributed by atoms with Crippen LogP contribution in [0.25, 0.3) is 6.08 Å². The first kappa shape index (κ1) is 18.7. The fourth-order valence-corrected chi connectivity index (χ4v) is 3.89. The number of ketones is 1. The summed E-state index contributed by atoms with van der Waals surface area (Å²) in [6.45, 7) is 6.54. The van der Waals surface area contributed by atoms with Crippen molar-refractivity contribution in [2.45, 2.75) is 33.2 Å². The topological polar surface area (TPSA) is 49.8 Å². The first-order valence-electron chi connectivity index (χ1n) is 9.70. The number of aromatic hydroxyl groups is 1. The zero-order chi connectivity index (χ0) is 19.8. The third-order valence-electron chi connectivity index (χ3n) is 5.65. The first-order chi connectivity index (χ1) is 13.4. The second-order valence-electron chi connectivity index (χ2n) is 7.85. The van der Waals surface area contributed by atoms with Gasteiger partial charge in [-0.15, -0.1) is 0 Å². The number of hydrogen-bond acceptors (Lipinski definition) is 4. The number of hydrogen-bond donors (Lipinski definition) is 1. The molecule has 0 bridgehead atoms. The maximum atomic E-state index is 13.1. The van der Waals surface area contributed by atoms with Crippen molar-refractivity contribution >= 4 is 11.9 Å². The third-order valence-corrected chi connectivity index (χ3v) is 5.65. The van der Waals surface area contributed by atoms with E-state index in [1.807, 2.05) is 0 Å². The molecule has 0 aromatic heterocycles. The lowest BCUT2D eigenvalue weighted by atomic mass is 9.96. The largest absolute Gasteiger partial charge is 0.507 e. The van der Waals surface area contributed by atoms with Gasteiger partial charge in [-0.2, -0.15) is 0 Å². The van der Waals surface area contributed by atoms with Gasteiger partial charge in [-0.05, 0) is 74.2 Å². The van der Waals surface area contributed by atoms with Gasteiger partial charge in [-0.25, -0.2) is 4.39 Å². The molecule has 0 amide bonds. The Labute approximate surface area is 164 Å². The molecule has 5 heteroatoms. The van der Waals surface area contributed by atoms with E-state index >= 15 is 0 Å². The molecule has 4 rings (SSSR count). The minimum atomic E-state index is -0.331. The highest BCUT2D eigenvalue weighted by Gasteiger charge is 2.34. The molecule has 0 atom stereocenters. The Bertz CT molecular complexity index is 941. The summed E-state index contributed by atoms with van der Waals surface area (Å²) in [5, 5.41) is 10.6. The molecule has 0 unspecified atom stereocenters. The SMILES string of the molecule is Cc1cc(O)c(CN2CCC(C)CC2)c2c1C(=O)/C(=C/c1ccc(F)cc1)O2. The maximum absolute atomic E-state index is 13.1. The number of carbonyl (C=O) groups excluding carboxylic acids is 1. The molecule has 28 heavy (non-hydrogen) atoms. The molecule has 1 fully saturated rings. The summed E-state index contributed by atoms with van der Waals surface area (Å²) in [5.41, 5.74) is 2.54. The molecule has 0 spiro atoms. The number of fused-ring (bicyclic) bond motifs is 1. The van der Waals surface area contributed by atoms with Gasteiger partial charge < -0.3 is 9.84 Å². The molecule has 0 radical (unpaired) electrons. The number of ether oxygens (including phenoxy) is 1. The smallest absolute Gasteiger partial charge is 0.232 e. The predicted octanol–water partition coefficient (Wildman–Crippen LogP) is 4.69. The van der Waals surface area contributed by atoms with Crippen LogP contribution in [0, 0.1) is 18.7 Å². The number of halogens is 1. The molecule has 0 saturated carbocycles. The number of rotatable bonds is 3. The Hall–Kier alpha value is -2.66. The number of piperidine rings is 1. The van der Waals surface area contributed by atoms with E-state index in [4.69, 9.17) is 4.74 Å². The lowest BCUT2D eigenvalue weighted by Gasteiger charge is -2.30. The third kappa shape index (κ3) is 3.54. The van der Waals surface area contributed by atoms with Gasteiger partial charge in [0.25, 0.3) is 0 Å². The molecule has 1 saturated heterocycles. The van der Waals surface area contributed by atoms with Crippen molar-refractivity contribution in [3.63, 3.8) is 0 Å². The van der Waals surface area contributed by atoms with E-state index in [0.29, 0.717) is 34.5 Å². The molecular weight excluding hydrogens is 357 g/mol. The summed E-state index contributed by atoms with van der Waals surface area (Å²) in [7, 11) is 0. The van der Waals surface area contributed by atoms with Gasteiger partial charge in [-0.1, -0.05) is 19.1 Å². The molecule has 146 valence electrons. The molecule has 2 aromatic rings. The standard InChI is InChI=1S/C23H24FNO3/c1-14-7-9-25(10-8-14)13-18-19(26)11-15(2)21-22(27)20(28-23(18)21)12-16-3-5-17(24)6-4-16/h3-6,11-12,14,26H,7-10,13H2,1-2H3/b20-12-. The molecule has 2 aliphatic heterocycles. The molecular formula is C23H24FNO3. The van der Waals surface area contributed by atoms with Crippen molar-refractivity contribution in [2.24, 2.45) is 5.92 Å². The highest BCUT2D eigenvalue weighted by molar-refractivity contribution is 6.15. The normalized spacial score (nSPS) is 19.1. The first-order valence-corrected chi connectivity index (χ1v) is 9.70. The van der Waals surface area contributed by atoms with Gasteiger partial charge in [0.2, 0.25) is 5.78 Å². The van der Waals surface area contributed by atoms with Crippen molar-refractivity contribution in [1.29, 1.82) is 0 Å². The Morgan fingerprint density at radius 3 is 2.61 bits per heavy atom. The van der Waals surface area contributed by atoms with Crippen LogP contribution in [0.5, 0.6) is 11.5 Å². The van der Waals surface area contributed by atoms with Crippen LogP contribution in [-0.4, -0.2) is 28.9 Å². The Balaban J connectivity index is 1.66. The van der Waals surface area contributed by atoms with E-state index in [1.54, 1.807) is 31.2 Å². The molecule has 4 nitrogen and oxygen atoms in total. The van der Waals surface area contributed by atoms with Crippen LogP contribution in [-0.2, 0) is 6.54 Å². The fraction of sp³-hybridized carbons (Fsp3) is 0.348. The number of aryl methyl sites for hydroxylation is 1. The van der Waals surface area contributed by atoms with Crippen molar-refractivity contribution in [3.8, 4) is 11.5 Å². The minimum absolute atomic E-state index is 0.158. The number of benzene rings is 2. The number of carbonyl (C=O) groups is 1. The van der Waals surface area contributed by atoms with Crippen LogP contribution in [0.2, 0.25) is 0 Å². The number of phenols is 1. The zero-order valence-electron chi connectivity index (χ0n) is 16.2. The number of nitrogens with zero attached hydrogens (tertiary/aromatic N) is 1. The predicted molar refractivity (Wildman–Crippen MR) is 106 cm³/mol. The lowest BCUT2D eigenvalue weighted by Crippen LogP contribution is -2.32. The second kappa shape index (κ2) is 7.40. The zero-order valence-corrected chi connectivity index (χ0v) is 16.2. The van der Waals surface area contributed by atoms with Crippen molar-refractivity contribution in [2.75, 3.05) is 13.1 Å². The van der Waals surface area contributed by atoms with E-state index in [-0.39, 0.29) is 23.1 Å². The van der Waals surface area contributed by atoms with Gasteiger partial charge in [-0.3, -0.25) is 9.69 Å². The Morgan fingerprint density at radius 2 is 1.93 bits per heavy atom. The van der Waals surface area contributed by atoms with Gasteiger partial charge >= 0.3 is 0 Å². The van der Waals surface area contributed by atoms with Gasteiger partial charge in [0.05, 0.1) is 11.1 Å². The highest BCUT2D eigenvalue weighted by atomic mass is 19.1. The quantitative estimate of drug-likeness (QED) is 0.784. The summed E-state index contributed by atoms with van der Waals surface area (Å²) < 4.78 is 19.1. The molecule has 2 heterocycles. The van der Waals surface area contributed by atoms with Crippen LogP contribution in [0.3, 0.4) is 0 Å². The van der Waals surface area contributed by atoms with Crippen LogP contribution >= 0.6 is 0 Å². The summed E-state index contributed by atoms with van der Waals surface area (Å²) in [6, 6.07) is 7.53. The molecule has 2 aliphatic rings. The van der Waals surface area contributed by atoms with E-state index in [9.17, 15) is 14.3 Å². The second-order valence-corrected chi connectivity index (χ2v) is 7.85. The maximum Gasteiger partial charge on any atom is 0.232 e. The van der Waals surface area contributed by atoms with Crippen LogP contribution in [0.4, 0.5) is 4.39 Å². The van der Waals surface area contributed by atoms with E-state index < -0.39 is 0 Å². The summed E-state index contributed by atoms with van der Waals surface area (Å²) >= 11 is 0. The van der Waals surface area contributed by atoms with Crippen molar-refractivity contribution < 1.29 is 19.0 Å². The summed E-state index contributed by atoms with van der Waals surface area (Å²) in [6.07, 6.45) is 3.87. The van der Waals surface area contributed by atoms with Gasteiger partial charge in [0.15, 0.2) is 5.76 Å². The minimum Gasteiger partial charge on any atom is -0.507 e. The van der Waals surface area contributed by atoms with E-state index in [0.717, 1.165) is 31.8 Å². The lowest BCUT2D eigenvalue weighted by molar-refractivity contribution is 0.101. The van der Waals surface area contributed by atoms with Gasteiger partial charge in [0.1, 0.15) is 17.3 Å². The molecule has 0 aliphatic carbocycles. The average Bonchev–Trinajstić information content (AvgIpc) is 2.99. The van der Waals surface area contributed by atoms with Crippen LogP contribution in [0.15, 0.2) is 36.1 Å². The fourth-order valence-electron chi connectivity index (χ4n) is 3.89. The average molecular weight is 381 g/mol. The van der Waals surface area contributed by atoms with Crippen LogP contribution < -0.4 is 4.74 Å². The highest BCUT2D eigenvalue weighted by Crippen LogP contribution is 2.42. The van der Waals surface area contributed by atoms with Crippen molar-refractivity contribution in [1.82, 2.24) is 4.90 Å². The Morgan fingerprint density at radius 1 is 1.25 bits per heavy atom. The number of allylic oxidation sites excluding steroid dienone is 1. The number of Topliss-reactive ketones (excluding diaryl/α,β-unsaturated/α-hetero) is 1.